The van der Waals surface area contributed by atoms with E-state index in [2.05, 4.69) is 20.9 Å². The SMILES string of the molecule is CN(Cc1cccc(Br)c1)c1cnccc1C(=O)O. The minimum Gasteiger partial charge on any atom is -0.478 e. The van der Waals surface area contributed by atoms with Gasteiger partial charge in [-0.05, 0) is 23.8 Å². The van der Waals surface area contributed by atoms with E-state index < -0.39 is 5.97 Å². The third-order valence-electron chi connectivity index (χ3n) is 2.75. The van der Waals surface area contributed by atoms with Crippen molar-refractivity contribution in [3.63, 3.8) is 0 Å². The number of rotatable bonds is 4. The maximum absolute atomic E-state index is 11.2. The Morgan fingerprint density at radius 1 is 1.42 bits per heavy atom. The van der Waals surface area contributed by atoms with Crippen LogP contribution in [-0.2, 0) is 6.54 Å². The number of aromatic nitrogens is 1. The number of benzene rings is 1. The lowest BCUT2D eigenvalue weighted by molar-refractivity contribution is 0.0697. The average molecular weight is 321 g/mol. The Morgan fingerprint density at radius 3 is 2.89 bits per heavy atom. The first-order valence-electron chi connectivity index (χ1n) is 5.71. The summed E-state index contributed by atoms with van der Waals surface area (Å²) in [5, 5.41) is 9.16. The average Bonchev–Trinajstić information content (AvgIpc) is 2.38. The molecule has 1 aromatic heterocycles. The number of nitrogens with zero attached hydrogens (tertiary/aromatic N) is 2. The van der Waals surface area contributed by atoms with Crippen molar-refractivity contribution < 1.29 is 9.90 Å². The monoisotopic (exact) mass is 320 g/mol. The van der Waals surface area contributed by atoms with Gasteiger partial charge in [0, 0.05) is 24.3 Å². The van der Waals surface area contributed by atoms with Crippen molar-refractivity contribution in [1.29, 1.82) is 0 Å². The third-order valence-corrected chi connectivity index (χ3v) is 3.24. The molecule has 0 spiro atoms. The summed E-state index contributed by atoms with van der Waals surface area (Å²) in [5.41, 5.74) is 1.96. The van der Waals surface area contributed by atoms with E-state index in [1.165, 1.54) is 12.3 Å². The summed E-state index contributed by atoms with van der Waals surface area (Å²) in [4.78, 5) is 17.0. The van der Waals surface area contributed by atoms with Gasteiger partial charge in [0.2, 0.25) is 0 Å². The number of anilines is 1. The summed E-state index contributed by atoms with van der Waals surface area (Å²) in [6.45, 7) is 0.616. The summed E-state index contributed by atoms with van der Waals surface area (Å²) < 4.78 is 1.00. The van der Waals surface area contributed by atoms with E-state index in [1.54, 1.807) is 6.20 Å². The maximum atomic E-state index is 11.2. The Labute approximate surface area is 119 Å². The normalized spacial score (nSPS) is 10.2. The topological polar surface area (TPSA) is 53.4 Å². The van der Waals surface area contributed by atoms with Crippen molar-refractivity contribution in [2.24, 2.45) is 0 Å². The van der Waals surface area contributed by atoms with Crippen LogP contribution in [0.1, 0.15) is 15.9 Å². The fourth-order valence-electron chi connectivity index (χ4n) is 1.87. The number of carboxylic acid groups (broad SMARTS) is 1. The van der Waals surface area contributed by atoms with E-state index in [1.807, 2.05) is 36.2 Å². The van der Waals surface area contributed by atoms with Crippen LogP contribution in [0.25, 0.3) is 0 Å². The zero-order valence-corrected chi connectivity index (χ0v) is 12.0. The van der Waals surface area contributed by atoms with Gasteiger partial charge in [-0.25, -0.2) is 4.79 Å². The highest BCUT2D eigenvalue weighted by molar-refractivity contribution is 9.10. The highest BCUT2D eigenvalue weighted by atomic mass is 79.9. The molecule has 0 radical (unpaired) electrons. The predicted molar refractivity (Wildman–Crippen MR) is 77.4 cm³/mol. The first-order valence-corrected chi connectivity index (χ1v) is 6.50. The van der Waals surface area contributed by atoms with Gasteiger partial charge < -0.3 is 10.0 Å². The van der Waals surface area contributed by atoms with Gasteiger partial charge >= 0.3 is 5.97 Å². The minimum absolute atomic E-state index is 0.257. The van der Waals surface area contributed by atoms with Crippen LogP contribution < -0.4 is 4.90 Å². The molecule has 0 aliphatic heterocycles. The van der Waals surface area contributed by atoms with Gasteiger partial charge in [0.1, 0.15) is 0 Å². The van der Waals surface area contributed by atoms with Crippen LogP contribution in [0.4, 0.5) is 5.69 Å². The van der Waals surface area contributed by atoms with Gasteiger partial charge in [-0.3, -0.25) is 4.98 Å². The van der Waals surface area contributed by atoms with E-state index in [-0.39, 0.29) is 5.56 Å². The van der Waals surface area contributed by atoms with Crippen molar-refractivity contribution in [2.75, 3.05) is 11.9 Å². The van der Waals surface area contributed by atoms with E-state index in [0.29, 0.717) is 12.2 Å². The molecule has 0 atom stereocenters. The minimum atomic E-state index is -0.946. The van der Waals surface area contributed by atoms with Gasteiger partial charge in [-0.15, -0.1) is 0 Å². The highest BCUT2D eigenvalue weighted by Crippen LogP contribution is 2.21. The number of carboxylic acids is 1. The number of aromatic carboxylic acids is 1. The molecule has 1 heterocycles. The van der Waals surface area contributed by atoms with Crippen LogP contribution in [0, 0.1) is 0 Å². The van der Waals surface area contributed by atoms with Gasteiger partial charge in [0.25, 0.3) is 0 Å². The first-order chi connectivity index (χ1) is 9.08. The van der Waals surface area contributed by atoms with E-state index in [0.717, 1.165) is 10.0 Å². The molecule has 19 heavy (non-hydrogen) atoms. The van der Waals surface area contributed by atoms with Crippen LogP contribution in [-0.4, -0.2) is 23.1 Å². The second-order valence-electron chi connectivity index (χ2n) is 4.18. The van der Waals surface area contributed by atoms with Gasteiger partial charge in [0.15, 0.2) is 0 Å². The number of pyridine rings is 1. The zero-order valence-electron chi connectivity index (χ0n) is 10.4. The molecule has 0 aliphatic rings. The molecule has 98 valence electrons. The maximum Gasteiger partial charge on any atom is 0.337 e. The van der Waals surface area contributed by atoms with Crippen molar-refractivity contribution in [3.05, 3.63) is 58.3 Å². The lowest BCUT2D eigenvalue weighted by Crippen LogP contribution is -2.19. The molecular weight excluding hydrogens is 308 g/mol. The molecule has 1 aromatic carbocycles. The van der Waals surface area contributed by atoms with Gasteiger partial charge in [-0.1, -0.05) is 28.1 Å². The Kier molecular flexibility index (Phi) is 4.16. The molecule has 2 rings (SSSR count). The summed E-state index contributed by atoms with van der Waals surface area (Å²) in [5.74, 6) is -0.946. The number of hydrogen-bond donors (Lipinski definition) is 1. The fourth-order valence-corrected chi connectivity index (χ4v) is 2.31. The molecule has 0 fully saturated rings. The van der Waals surface area contributed by atoms with Crippen molar-refractivity contribution in [3.8, 4) is 0 Å². The standard InChI is InChI=1S/C14H13BrN2O2/c1-17(9-10-3-2-4-11(15)7-10)13-8-16-6-5-12(13)14(18)19/h2-8H,9H2,1H3,(H,18,19). The Balaban J connectivity index is 2.25. The van der Waals surface area contributed by atoms with Crippen LogP contribution in [0.2, 0.25) is 0 Å². The molecule has 0 unspecified atom stereocenters. The second kappa shape index (κ2) is 5.84. The van der Waals surface area contributed by atoms with Crippen LogP contribution >= 0.6 is 15.9 Å². The van der Waals surface area contributed by atoms with E-state index in [4.69, 9.17) is 5.11 Å². The number of hydrogen-bond acceptors (Lipinski definition) is 3. The van der Waals surface area contributed by atoms with Gasteiger partial charge in [-0.2, -0.15) is 0 Å². The lowest BCUT2D eigenvalue weighted by atomic mass is 10.1. The molecule has 0 saturated heterocycles. The van der Waals surface area contributed by atoms with Gasteiger partial charge in [0.05, 0.1) is 17.4 Å². The van der Waals surface area contributed by atoms with Crippen molar-refractivity contribution >= 4 is 27.6 Å². The number of halogens is 1. The van der Waals surface area contributed by atoms with Crippen LogP contribution in [0.3, 0.4) is 0 Å². The molecule has 0 saturated carbocycles. The predicted octanol–water partition coefficient (Wildman–Crippen LogP) is 3.18. The van der Waals surface area contributed by atoms with Crippen LogP contribution in [0.15, 0.2) is 47.2 Å². The lowest BCUT2D eigenvalue weighted by Gasteiger charge is -2.20. The zero-order chi connectivity index (χ0) is 13.8. The molecular formula is C14H13BrN2O2. The molecule has 0 bridgehead atoms. The van der Waals surface area contributed by atoms with E-state index in [9.17, 15) is 4.79 Å². The van der Waals surface area contributed by atoms with Crippen molar-refractivity contribution in [2.45, 2.75) is 6.54 Å². The molecule has 1 N–H and O–H groups in total. The Morgan fingerprint density at radius 2 is 2.21 bits per heavy atom. The molecule has 4 nitrogen and oxygen atoms in total. The molecule has 5 heteroatoms. The van der Waals surface area contributed by atoms with E-state index >= 15 is 0 Å². The molecule has 2 aromatic rings. The smallest absolute Gasteiger partial charge is 0.337 e. The largest absolute Gasteiger partial charge is 0.478 e. The summed E-state index contributed by atoms with van der Waals surface area (Å²) in [6, 6.07) is 9.42. The van der Waals surface area contributed by atoms with Crippen LogP contribution in [0.5, 0.6) is 0 Å². The highest BCUT2D eigenvalue weighted by Gasteiger charge is 2.13. The molecule has 0 aliphatic carbocycles. The Bertz CT molecular complexity index is 602. The Hall–Kier alpha value is -1.88. The quantitative estimate of drug-likeness (QED) is 0.940. The fraction of sp³-hybridized carbons (Fsp3) is 0.143. The summed E-state index contributed by atoms with van der Waals surface area (Å²) in [6.07, 6.45) is 3.06. The second-order valence-corrected chi connectivity index (χ2v) is 5.10. The number of carbonyl (C=O) groups is 1. The summed E-state index contributed by atoms with van der Waals surface area (Å²) >= 11 is 3.42. The summed E-state index contributed by atoms with van der Waals surface area (Å²) in [7, 11) is 1.85. The molecule has 0 amide bonds. The first kappa shape index (κ1) is 13.5. The van der Waals surface area contributed by atoms with Crippen molar-refractivity contribution in [1.82, 2.24) is 4.98 Å². The third kappa shape index (κ3) is 3.32.